The smallest absolute Gasteiger partial charge is 0.269 e. The summed E-state index contributed by atoms with van der Waals surface area (Å²) in [4.78, 5) is 50.1. The van der Waals surface area contributed by atoms with Gasteiger partial charge in [0.05, 0.1) is 9.85 Å². The van der Waals surface area contributed by atoms with E-state index in [1.54, 1.807) is 42.5 Å². The molecule has 2 amide bonds. The number of nitro benzene ring substituents is 2. The van der Waals surface area contributed by atoms with E-state index in [-0.39, 0.29) is 28.4 Å². The summed E-state index contributed by atoms with van der Waals surface area (Å²) in [6, 6.07) is 22.2. The van der Waals surface area contributed by atoms with Gasteiger partial charge in [-0.25, -0.2) is 4.98 Å². The van der Waals surface area contributed by atoms with Gasteiger partial charge in [0, 0.05) is 52.3 Å². The van der Waals surface area contributed by atoms with Crippen molar-refractivity contribution in [3.05, 3.63) is 122 Å². The molecule has 39 heavy (non-hydrogen) atoms. The Bertz CT molecular complexity index is 1750. The number of hydrogen-bond acceptors (Lipinski definition) is 8. The molecule has 0 saturated heterocycles. The van der Waals surface area contributed by atoms with Gasteiger partial charge in [-0.3, -0.25) is 29.8 Å². The first-order chi connectivity index (χ1) is 18.8. The number of nitrogens with zero attached hydrogens (tertiary/aromatic N) is 3. The number of benzene rings is 4. The number of fused-ring (bicyclic) bond motifs is 1. The van der Waals surface area contributed by atoms with Crippen LogP contribution in [0, 0.1) is 20.2 Å². The normalized spacial score (nSPS) is 10.7. The van der Waals surface area contributed by atoms with Crippen molar-refractivity contribution in [2.75, 3.05) is 10.6 Å². The SMILES string of the molecule is O=C(Nc1cccc(-c2nc3cc(NC(=O)c4ccc([N+](=O)[O-])cc4)ccc3o2)c1)c1ccc([N+](=O)[O-])cc1. The van der Waals surface area contributed by atoms with E-state index < -0.39 is 21.7 Å². The Balaban J connectivity index is 1.31. The summed E-state index contributed by atoms with van der Waals surface area (Å²) in [5.41, 5.74) is 2.75. The van der Waals surface area contributed by atoms with Crippen molar-refractivity contribution in [1.82, 2.24) is 4.98 Å². The van der Waals surface area contributed by atoms with Crippen LogP contribution in [-0.4, -0.2) is 26.6 Å². The highest BCUT2D eigenvalue weighted by Crippen LogP contribution is 2.28. The Kier molecular flexibility index (Phi) is 6.49. The number of oxazole rings is 1. The molecular weight excluding hydrogens is 506 g/mol. The fourth-order valence-corrected chi connectivity index (χ4v) is 3.73. The van der Waals surface area contributed by atoms with Crippen LogP contribution in [0.25, 0.3) is 22.6 Å². The monoisotopic (exact) mass is 523 g/mol. The molecule has 5 aromatic rings. The van der Waals surface area contributed by atoms with E-state index in [9.17, 15) is 29.8 Å². The quantitative estimate of drug-likeness (QED) is 0.199. The lowest BCUT2D eigenvalue weighted by atomic mass is 10.1. The summed E-state index contributed by atoms with van der Waals surface area (Å²) in [5, 5.41) is 27.1. The minimum absolute atomic E-state index is 0.112. The van der Waals surface area contributed by atoms with Gasteiger partial charge in [-0.1, -0.05) is 6.07 Å². The van der Waals surface area contributed by atoms with Gasteiger partial charge < -0.3 is 15.1 Å². The maximum Gasteiger partial charge on any atom is 0.269 e. The zero-order valence-electron chi connectivity index (χ0n) is 19.9. The van der Waals surface area contributed by atoms with E-state index in [4.69, 9.17) is 4.42 Å². The number of amides is 2. The highest BCUT2D eigenvalue weighted by atomic mass is 16.6. The van der Waals surface area contributed by atoms with Gasteiger partial charge in [0.15, 0.2) is 5.58 Å². The van der Waals surface area contributed by atoms with Crippen molar-refractivity contribution in [3.8, 4) is 11.5 Å². The molecule has 12 nitrogen and oxygen atoms in total. The number of aromatic nitrogens is 1. The molecule has 0 saturated carbocycles. The first-order valence-electron chi connectivity index (χ1n) is 11.4. The lowest BCUT2D eigenvalue weighted by molar-refractivity contribution is -0.385. The molecule has 0 unspecified atom stereocenters. The van der Waals surface area contributed by atoms with Crippen LogP contribution < -0.4 is 10.6 Å². The molecule has 0 aliphatic carbocycles. The van der Waals surface area contributed by atoms with E-state index in [0.29, 0.717) is 28.0 Å². The van der Waals surface area contributed by atoms with Gasteiger partial charge >= 0.3 is 0 Å². The summed E-state index contributed by atoms with van der Waals surface area (Å²) in [7, 11) is 0. The molecule has 12 heteroatoms. The van der Waals surface area contributed by atoms with Crippen molar-refractivity contribution < 1.29 is 23.9 Å². The summed E-state index contributed by atoms with van der Waals surface area (Å²) >= 11 is 0. The third-order valence-corrected chi connectivity index (χ3v) is 5.69. The molecule has 5 rings (SSSR count). The van der Waals surface area contributed by atoms with Gasteiger partial charge in [-0.05, 0) is 60.7 Å². The van der Waals surface area contributed by atoms with Crippen LogP contribution in [0.2, 0.25) is 0 Å². The zero-order valence-corrected chi connectivity index (χ0v) is 19.9. The van der Waals surface area contributed by atoms with Crippen molar-refractivity contribution in [1.29, 1.82) is 0 Å². The highest BCUT2D eigenvalue weighted by Gasteiger charge is 2.14. The third kappa shape index (κ3) is 5.44. The second-order valence-electron chi connectivity index (χ2n) is 8.30. The van der Waals surface area contributed by atoms with Gasteiger partial charge in [-0.15, -0.1) is 0 Å². The Morgan fingerprint density at radius 2 is 1.23 bits per heavy atom. The molecule has 192 valence electrons. The van der Waals surface area contributed by atoms with Gasteiger partial charge in [-0.2, -0.15) is 0 Å². The molecule has 2 N–H and O–H groups in total. The molecular formula is C27H17N5O7. The van der Waals surface area contributed by atoms with E-state index in [0.717, 1.165) is 0 Å². The maximum absolute atomic E-state index is 12.6. The van der Waals surface area contributed by atoms with Crippen molar-refractivity contribution in [2.24, 2.45) is 0 Å². The van der Waals surface area contributed by atoms with Gasteiger partial charge in [0.2, 0.25) is 5.89 Å². The van der Waals surface area contributed by atoms with Crippen molar-refractivity contribution >= 4 is 45.7 Å². The first kappa shape index (κ1) is 24.8. The van der Waals surface area contributed by atoms with E-state index in [1.807, 2.05) is 0 Å². The maximum atomic E-state index is 12.6. The van der Waals surface area contributed by atoms with E-state index >= 15 is 0 Å². The second kappa shape index (κ2) is 10.2. The minimum atomic E-state index is -0.541. The fraction of sp³-hybridized carbons (Fsp3) is 0. The Morgan fingerprint density at radius 1 is 0.692 bits per heavy atom. The Morgan fingerprint density at radius 3 is 1.77 bits per heavy atom. The van der Waals surface area contributed by atoms with Crippen LogP contribution in [0.5, 0.6) is 0 Å². The number of carbonyl (C=O) groups excluding carboxylic acids is 2. The standard InChI is InChI=1S/C27H17N5O7/c33-25(16-4-9-21(10-5-16)31(35)36)28-19-3-1-2-18(14-19)27-30-23-15-20(8-13-24(23)39-27)29-26(34)17-6-11-22(12-7-17)32(37)38/h1-15H,(H,28,33)(H,29,34). The van der Waals surface area contributed by atoms with Gasteiger partial charge in [0.1, 0.15) is 5.52 Å². The molecule has 4 aromatic carbocycles. The second-order valence-corrected chi connectivity index (χ2v) is 8.30. The predicted molar refractivity (Wildman–Crippen MR) is 142 cm³/mol. The molecule has 0 radical (unpaired) electrons. The molecule has 0 atom stereocenters. The first-order valence-corrected chi connectivity index (χ1v) is 11.4. The highest BCUT2D eigenvalue weighted by molar-refractivity contribution is 6.05. The summed E-state index contributed by atoms with van der Waals surface area (Å²) in [6.07, 6.45) is 0. The molecule has 0 aliphatic heterocycles. The zero-order chi connectivity index (χ0) is 27.5. The third-order valence-electron chi connectivity index (χ3n) is 5.69. The lowest BCUT2D eigenvalue weighted by Gasteiger charge is -2.06. The molecule has 0 fully saturated rings. The van der Waals surface area contributed by atoms with Crippen LogP contribution in [0.1, 0.15) is 20.7 Å². The largest absolute Gasteiger partial charge is 0.436 e. The number of rotatable bonds is 7. The number of hydrogen-bond donors (Lipinski definition) is 2. The fourth-order valence-electron chi connectivity index (χ4n) is 3.73. The number of non-ortho nitro benzene ring substituents is 2. The number of anilines is 2. The topological polar surface area (TPSA) is 171 Å². The average Bonchev–Trinajstić information content (AvgIpc) is 3.37. The molecule has 0 spiro atoms. The number of carbonyl (C=O) groups is 2. The van der Waals surface area contributed by atoms with Crippen molar-refractivity contribution in [2.45, 2.75) is 0 Å². The minimum Gasteiger partial charge on any atom is -0.436 e. The average molecular weight is 523 g/mol. The molecule has 0 bridgehead atoms. The van der Waals surface area contributed by atoms with E-state index in [1.165, 1.54) is 48.5 Å². The summed E-state index contributed by atoms with van der Waals surface area (Å²) in [6.45, 7) is 0. The van der Waals surface area contributed by atoms with Crippen LogP contribution in [-0.2, 0) is 0 Å². The van der Waals surface area contributed by atoms with Crippen LogP contribution >= 0.6 is 0 Å². The number of nitrogens with one attached hydrogen (secondary N) is 2. The van der Waals surface area contributed by atoms with Crippen molar-refractivity contribution in [3.63, 3.8) is 0 Å². The number of nitro groups is 2. The predicted octanol–water partition coefficient (Wildman–Crippen LogP) is 5.82. The van der Waals surface area contributed by atoms with Gasteiger partial charge in [0.25, 0.3) is 23.2 Å². The molecule has 1 heterocycles. The van der Waals surface area contributed by atoms with Crippen LogP contribution in [0.15, 0.2) is 95.4 Å². The molecule has 1 aromatic heterocycles. The van der Waals surface area contributed by atoms with E-state index in [2.05, 4.69) is 15.6 Å². The van der Waals surface area contributed by atoms with Crippen LogP contribution in [0.4, 0.5) is 22.7 Å². The Labute approximate surface area is 219 Å². The summed E-state index contributed by atoms with van der Waals surface area (Å²) in [5.74, 6) is -0.590. The Hall–Kier alpha value is -5.91. The lowest BCUT2D eigenvalue weighted by Crippen LogP contribution is -2.11. The molecule has 0 aliphatic rings. The summed E-state index contributed by atoms with van der Waals surface area (Å²) < 4.78 is 5.85. The van der Waals surface area contributed by atoms with Crippen LogP contribution in [0.3, 0.4) is 0 Å².